The molecule has 194 valence electrons. The maximum Gasteiger partial charge on any atom is 0.252 e. The van der Waals surface area contributed by atoms with Crippen molar-refractivity contribution in [3.8, 4) is 17.0 Å². The third-order valence-electron chi connectivity index (χ3n) is 7.94. The Morgan fingerprint density at radius 2 is 1.92 bits per heavy atom. The number of aromatic nitrogens is 2. The van der Waals surface area contributed by atoms with E-state index in [-0.39, 0.29) is 11.9 Å². The van der Waals surface area contributed by atoms with Crippen molar-refractivity contribution in [3.05, 3.63) is 90.3 Å². The number of para-hydroxylation sites is 1. The molecule has 38 heavy (non-hydrogen) atoms. The largest absolute Gasteiger partial charge is 0.494 e. The molecule has 2 aromatic heterocycles. The fraction of sp³-hybridized carbons (Fsp3) is 0.344. The molecule has 2 aliphatic rings. The quantitative estimate of drug-likeness (QED) is 0.332. The number of hydrogen-bond acceptors (Lipinski definition) is 5. The molecule has 6 rings (SSSR count). The van der Waals surface area contributed by atoms with Crippen LogP contribution in [-0.2, 0) is 0 Å². The van der Waals surface area contributed by atoms with Crippen molar-refractivity contribution in [1.29, 1.82) is 0 Å². The summed E-state index contributed by atoms with van der Waals surface area (Å²) in [7, 11) is 0. The van der Waals surface area contributed by atoms with Crippen LogP contribution >= 0.6 is 0 Å². The van der Waals surface area contributed by atoms with Crippen LogP contribution in [0, 0.1) is 5.92 Å². The van der Waals surface area contributed by atoms with Crippen LogP contribution in [0.2, 0.25) is 0 Å². The number of hydrogen-bond donors (Lipinski definition) is 1. The van der Waals surface area contributed by atoms with Crippen molar-refractivity contribution < 1.29 is 9.53 Å². The average molecular weight is 507 g/mol. The number of likely N-dealkylation sites (tertiary alicyclic amines) is 1. The zero-order valence-corrected chi connectivity index (χ0v) is 21.8. The number of rotatable bonds is 8. The summed E-state index contributed by atoms with van der Waals surface area (Å²) < 4.78 is 5.58. The minimum Gasteiger partial charge on any atom is -0.494 e. The van der Waals surface area contributed by atoms with Gasteiger partial charge in [0.2, 0.25) is 0 Å². The van der Waals surface area contributed by atoms with Gasteiger partial charge in [0.15, 0.2) is 0 Å². The van der Waals surface area contributed by atoms with Crippen molar-refractivity contribution in [3.63, 3.8) is 0 Å². The van der Waals surface area contributed by atoms with Gasteiger partial charge in [-0.2, -0.15) is 0 Å². The molecular formula is C32H34N4O2. The summed E-state index contributed by atoms with van der Waals surface area (Å²) in [6.45, 7) is 5.97. The van der Waals surface area contributed by atoms with Crippen molar-refractivity contribution in [1.82, 2.24) is 20.2 Å². The maximum absolute atomic E-state index is 13.5. The van der Waals surface area contributed by atoms with Gasteiger partial charge in [-0.15, -0.1) is 0 Å². The molecule has 2 fully saturated rings. The Labute approximate surface area is 224 Å². The lowest BCUT2D eigenvalue weighted by Crippen LogP contribution is -2.47. The monoisotopic (exact) mass is 506 g/mol. The maximum atomic E-state index is 13.5. The summed E-state index contributed by atoms with van der Waals surface area (Å²) in [4.78, 5) is 25.2. The lowest BCUT2D eigenvalue weighted by Gasteiger charge is -2.38. The minimum atomic E-state index is -0.0166. The lowest BCUT2D eigenvalue weighted by molar-refractivity contribution is 0.0869. The Hall–Kier alpha value is -3.77. The molecule has 0 unspecified atom stereocenters. The molecule has 0 bridgehead atoms. The number of carbonyl (C=O) groups is 1. The van der Waals surface area contributed by atoms with E-state index < -0.39 is 0 Å². The first-order valence-corrected chi connectivity index (χ1v) is 13.7. The number of amides is 1. The summed E-state index contributed by atoms with van der Waals surface area (Å²) in [5.74, 6) is 2.04. The molecule has 0 radical (unpaired) electrons. The molecule has 4 aromatic rings. The fourth-order valence-corrected chi connectivity index (χ4v) is 5.92. The average Bonchev–Trinajstić information content (AvgIpc) is 3.41. The highest BCUT2D eigenvalue weighted by Crippen LogP contribution is 2.33. The second-order valence-electron chi connectivity index (χ2n) is 10.6. The summed E-state index contributed by atoms with van der Waals surface area (Å²) in [5.41, 5.74) is 4.62. The van der Waals surface area contributed by atoms with Crippen molar-refractivity contribution in [2.45, 2.75) is 38.1 Å². The smallest absolute Gasteiger partial charge is 0.252 e. The summed E-state index contributed by atoms with van der Waals surface area (Å²) in [6, 6.07) is 22.1. The van der Waals surface area contributed by atoms with Gasteiger partial charge in [-0.3, -0.25) is 9.78 Å². The van der Waals surface area contributed by atoms with Crippen molar-refractivity contribution in [2.75, 3.05) is 26.2 Å². The number of nitrogens with zero attached hydrogens (tertiary/aromatic N) is 3. The van der Waals surface area contributed by atoms with E-state index in [1.165, 1.54) is 12.0 Å². The van der Waals surface area contributed by atoms with Crippen LogP contribution in [0.5, 0.6) is 5.75 Å². The van der Waals surface area contributed by atoms with Gasteiger partial charge in [0.1, 0.15) is 5.75 Å². The predicted octanol–water partition coefficient (Wildman–Crippen LogP) is 5.69. The normalized spacial score (nSPS) is 21.2. The SMILES string of the molecule is CCOc1ccc(-c2cc(C(=O)NC3CC(CN4CC[C@@H](c5cccnc5)C4)C3)c3ccccc3n2)cc1. The summed E-state index contributed by atoms with van der Waals surface area (Å²) in [6.07, 6.45) is 7.12. The highest BCUT2D eigenvalue weighted by molar-refractivity contribution is 6.07. The Balaban J connectivity index is 1.09. The van der Waals surface area contributed by atoms with Crippen molar-refractivity contribution >= 4 is 16.8 Å². The van der Waals surface area contributed by atoms with E-state index in [1.807, 2.05) is 80.0 Å². The number of pyridine rings is 2. The van der Waals surface area contributed by atoms with Crippen LogP contribution in [0.3, 0.4) is 0 Å². The van der Waals surface area contributed by atoms with Crippen LogP contribution in [0.4, 0.5) is 0 Å². The molecule has 1 amide bonds. The molecule has 1 saturated carbocycles. The molecule has 6 heteroatoms. The number of carbonyl (C=O) groups excluding carboxylic acids is 1. The number of ether oxygens (including phenoxy) is 1. The van der Waals surface area contributed by atoms with Crippen molar-refractivity contribution in [2.24, 2.45) is 5.92 Å². The Morgan fingerprint density at radius 1 is 1.08 bits per heavy atom. The third-order valence-corrected chi connectivity index (χ3v) is 7.94. The molecule has 0 spiro atoms. The van der Waals surface area contributed by atoms with Gasteiger partial charge in [0, 0.05) is 42.5 Å². The first kappa shape index (κ1) is 24.6. The number of fused-ring (bicyclic) bond motifs is 1. The molecule has 1 aliphatic heterocycles. The van der Waals surface area contributed by atoms with Gasteiger partial charge in [0.05, 0.1) is 23.4 Å². The van der Waals surface area contributed by atoms with E-state index in [0.717, 1.165) is 60.4 Å². The van der Waals surface area contributed by atoms with Crippen LogP contribution in [0.15, 0.2) is 79.1 Å². The predicted molar refractivity (Wildman–Crippen MR) is 150 cm³/mol. The number of benzene rings is 2. The molecule has 2 aromatic carbocycles. The molecule has 1 N–H and O–H groups in total. The molecule has 1 aliphatic carbocycles. The van der Waals surface area contributed by atoms with E-state index in [9.17, 15) is 4.79 Å². The topological polar surface area (TPSA) is 67.3 Å². The molecule has 3 heterocycles. The molecular weight excluding hydrogens is 472 g/mol. The Bertz CT molecular complexity index is 1400. The van der Waals surface area contributed by atoms with Gasteiger partial charge in [0.25, 0.3) is 5.91 Å². The van der Waals surface area contributed by atoms with E-state index in [4.69, 9.17) is 9.72 Å². The van der Waals surface area contributed by atoms with E-state index in [0.29, 0.717) is 24.0 Å². The van der Waals surface area contributed by atoms with Crippen LogP contribution in [-0.4, -0.2) is 53.1 Å². The molecule has 6 nitrogen and oxygen atoms in total. The zero-order valence-electron chi connectivity index (χ0n) is 21.8. The van der Waals surface area contributed by atoms with Crippen LogP contribution < -0.4 is 10.1 Å². The van der Waals surface area contributed by atoms with Gasteiger partial charge >= 0.3 is 0 Å². The standard InChI is InChI=1S/C32H34N4O2/c1-2-38-27-11-9-23(10-12-27)31-18-29(28-7-3-4-8-30(28)35-31)32(37)34-26-16-22(17-26)20-36-15-13-25(21-36)24-6-5-14-33-19-24/h3-12,14,18-19,22,25-26H,2,13,15-17,20-21H2,1H3,(H,34,37)/t22?,25-,26?/m1/s1. The fourth-order valence-electron chi connectivity index (χ4n) is 5.92. The second kappa shape index (κ2) is 10.9. The second-order valence-corrected chi connectivity index (χ2v) is 10.6. The Morgan fingerprint density at radius 3 is 2.71 bits per heavy atom. The van der Waals surface area contributed by atoms with Gasteiger partial charge < -0.3 is 15.0 Å². The van der Waals surface area contributed by atoms with Crippen LogP contribution in [0.25, 0.3) is 22.2 Å². The number of nitrogens with one attached hydrogen (secondary N) is 1. The van der Waals surface area contributed by atoms with E-state index in [1.54, 1.807) is 0 Å². The van der Waals surface area contributed by atoms with Crippen LogP contribution in [0.1, 0.15) is 48.0 Å². The van der Waals surface area contributed by atoms with E-state index in [2.05, 4.69) is 21.3 Å². The highest BCUT2D eigenvalue weighted by atomic mass is 16.5. The van der Waals surface area contributed by atoms with E-state index >= 15 is 0 Å². The molecule has 1 atom stereocenters. The summed E-state index contributed by atoms with van der Waals surface area (Å²) in [5, 5.41) is 4.19. The van der Waals surface area contributed by atoms with Gasteiger partial charge in [-0.25, -0.2) is 4.98 Å². The minimum absolute atomic E-state index is 0.0166. The lowest BCUT2D eigenvalue weighted by atomic mass is 9.79. The Kier molecular flexibility index (Phi) is 7.06. The third kappa shape index (κ3) is 5.27. The first-order chi connectivity index (χ1) is 18.7. The van der Waals surface area contributed by atoms with Gasteiger partial charge in [-0.1, -0.05) is 24.3 Å². The highest BCUT2D eigenvalue weighted by Gasteiger charge is 2.34. The molecule has 1 saturated heterocycles. The summed E-state index contributed by atoms with van der Waals surface area (Å²) >= 11 is 0. The first-order valence-electron chi connectivity index (χ1n) is 13.7. The van der Waals surface area contributed by atoms with Gasteiger partial charge in [-0.05, 0) is 92.6 Å². The zero-order chi connectivity index (χ0) is 25.9.